The molecule has 0 spiro atoms. The van der Waals surface area contributed by atoms with Crippen LogP contribution < -0.4 is 0 Å². The van der Waals surface area contributed by atoms with Crippen molar-refractivity contribution < 1.29 is 17.2 Å². The molecule has 17 heavy (non-hydrogen) atoms. The first-order chi connectivity index (χ1) is 7.89. The molecular formula is C9H5ClF2N2O2S. The summed E-state index contributed by atoms with van der Waals surface area (Å²) in [5.74, 6) is -1.61. The van der Waals surface area contributed by atoms with E-state index in [2.05, 4.69) is 5.10 Å². The van der Waals surface area contributed by atoms with Gasteiger partial charge in [-0.3, -0.25) is 0 Å². The second-order valence-electron chi connectivity index (χ2n) is 3.13. The topological polar surface area (TPSA) is 52.0 Å². The zero-order valence-corrected chi connectivity index (χ0v) is 9.71. The Morgan fingerprint density at radius 2 is 1.76 bits per heavy atom. The smallest absolute Gasteiger partial charge is 0.207 e. The van der Waals surface area contributed by atoms with E-state index in [9.17, 15) is 17.2 Å². The third-order valence-electron chi connectivity index (χ3n) is 2.01. The highest BCUT2D eigenvalue weighted by atomic mass is 35.7. The summed E-state index contributed by atoms with van der Waals surface area (Å²) in [6.07, 6.45) is 0.793. The minimum atomic E-state index is -4.19. The summed E-state index contributed by atoms with van der Waals surface area (Å²) in [7, 11) is 0.820. The fourth-order valence-electron chi connectivity index (χ4n) is 1.24. The molecular weight excluding hydrogens is 274 g/mol. The van der Waals surface area contributed by atoms with Gasteiger partial charge in [-0.2, -0.15) is 9.49 Å². The lowest BCUT2D eigenvalue weighted by molar-refractivity contribution is 0.512. The van der Waals surface area contributed by atoms with Crippen molar-refractivity contribution in [3.8, 4) is 5.69 Å². The summed E-state index contributed by atoms with van der Waals surface area (Å²) < 4.78 is 49.0. The molecule has 0 radical (unpaired) electrons. The summed E-state index contributed by atoms with van der Waals surface area (Å²) in [6, 6.07) is 4.72. The summed E-state index contributed by atoms with van der Waals surface area (Å²) >= 11 is 0. The third-order valence-corrected chi connectivity index (χ3v) is 3.31. The van der Waals surface area contributed by atoms with Gasteiger partial charge < -0.3 is 0 Å². The molecule has 1 aromatic heterocycles. The van der Waals surface area contributed by atoms with E-state index < -0.39 is 25.7 Å². The van der Waals surface area contributed by atoms with Gasteiger partial charge in [0, 0.05) is 10.7 Å². The zero-order chi connectivity index (χ0) is 12.6. The lowest BCUT2D eigenvalue weighted by Gasteiger charge is -2.01. The van der Waals surface area contributed by atoms with Gasteiger partial charge in [0.05, 0.1) is 11.9 Å². The van der Waals surface area contributed by atoms with Gasteiger partial charge in [-0.25, -0.2) is 17.5 Å². The molecule has 0 N–H and O–H groups in total. The van der Waals surface area contributed by atoms with Crippen LogP contribution >= 0.6 is 10.7 Å². The SMILES string of the molecule is O=S(=O)(Cl)c1cnn(-c2ccc(F)cc2)c1F. The summed E-state index contributed by atoms with van der Waals surface area (Å²) in [5.41, 5.74) is 0.190. The molecule has 2 rings (SSSR count). The Bertz CT molecular complexity index is 652. The van der Waals surface area contributed by atoms with Crippen LogP contribution in [0.1, 0.15) is 0 Å². The standard InChI is InChI=1S/C9H5ClF2N2O2S/c10-17(15,16)8-5-13-14(9(8)12)7-3-1-6(11)2-4-7/h1-5H. The molecule has 0 aliphatic carbocycles. The largest absolute Gasteiger partial charge is 0.267 e. The lowest BCUT2D eigenvalue weighted by atomic mass is 10.3. The molecule has 1 heterocycles. The fraction of sp³-hybridized carbons (Fsp3) is 0. The predicted molar refractivity (Wildman–Crippen MR) is 56.5 cm³/mol. The van der Waals surface area contributed by atoms with Crippen molar-refractivity contribution in [2.45, 2.75) is 4.90 Å². The molecule has 0 saturated carbocycles. The average molecular weight is 279 g/mol. The average Bonchev–Trinajstić information content (AvgIpc) is 2.61. The van der Waals surface area contributed by atoms with E-state index in [0.29, 0.717) is 4.68 Å². The molecule has 2 aromatic rings. The first kappa shape index (κ1) is 12.0. The summed E-state index contributed by atoms with van der Waals surface area (Å²) in [4.78, 5) is -0.719. The quantitative estimate of drug-likeness (QED) is 0.790. The maximum Gasteiger partial charge on any atom is 0.267 e. The Balaban J connectivity index is 2.55. The van der Waals surface area contributed by atoms with Crippen molar-refractivity contribution >= 4 is 19.7 Å². The Morgan fingerprint density at radius 3 is 2.24 bits per heavy atom. The Morgan fingerprint density at radius 1 is 1.18 bits per heavy atom. The summed E-state index contributed by atoms with van der Waals surface area (Å²) in [5, 5.41) is 3.54. The highest BCUT2D eigenvalue weighted by Crippen LogP contribution is 2.20. The number of aromatic nitrogens is 2. The van der Waals surface area contributed by atoms with Crippen LogP contribution in [0.5, 0.6) is 0 Å². The highest BCUT2D eigenvalue weighted by Gasteiger charge is 2.22. The molecule has 1 aromatic carbocycles. The Hall–Kier alpha value is -1.47. The third kappa shape index (κ3) is 2.29. The summed E-state index contributed by atoms with van der Waals surface area (Å²) in [6.45, 7) is 0. The lowest BCUT2D eigenvalue weighted by Crippen LogP contribution is -2.01. The van der Waals surface area contributed by atoms with Crippen molar-refractivity contribution in [3.63, 3.8) is 0 Å². The van der Waals surface area contributed by atoms with Gasteiger partial charge in [-0.15, -0.1) is 0 Å². The maximum absolute atomic E-state index is 13.7. The molecule has 0 bridgehead atoms. The number of hydrogen-bond acceptors (Lipinski definition) is 3. The van der Waals surface area contributed by atoms with Crippen molar-refractivity contribution in [1.82, 2.24) is 9.78 Å². The van der Waals surface area contributed by atoms with E-state index in [1.54, 1.807) is 0 Å². The minimum absolute atomic E-state index is 0.190. The van der Waals surface area contributed by atoms with E-state index in [1.807, 2.05) is 0 Å². The number of hydrogen-bond donors (Lipinski definition) is 0. The molecule has 0 unspecified atom stereocenters. The van der Waals surface area contributed by atoms with Crippen LogP contribution in [-0.4, -0.2) is 18.2 Å². The van der Waals surface area contributed by atoms with Crippen LogP contribution in [0.2, 0.25) is 0 Å². The van der Waals surface area contributed by atoms with Crippen molar-refractivity contribution in [1.29, 1.82) is 0 Å². The van der Waals surface area contributed by atoms with Crippen LogP contribution in [0.15, 0.2) is 35.4 Å². The van der Waals surface area contributed by atoms with E-state index in [-0.39, 0.29) is 5.69 Å². The van der Waals surface area contributed by atoms with Gasteiger partial charge in [0.15, 0.2) is 4.90 Å². The molecule has 0 aliphatic heterocycles. The first-order valence-electron chi connectivity index (χ1n) is 4.34. The van der Waals surface area contributed by atoms with Gasteiger partial charge in [0.2, 0.25) is 5.95 Å². The van der Waals surface area contributed by atoms with E-state index in [1.165, 1.54) is 12.1 Å². The number of halogens is 3. The van der Waals surface area contributed by atoms with Gasteiger partial charge in [0.1, 0.15) is 5.82 Å². The molecule has 0 fully saturated rings. The predicted octanol–water partition coefficient (Wildman–Crippen LogP) is 2.08. The van der Waals surface area contributed by atoms with Crippen molar-refractivity contribution in [3.05, 3.63) is 42.2 Å². The first-order valence-corrected chi connectivity index (χ1v) is 6.64. The molecule has 8 heteroatoms. The van der Waals surface area contributed by atoms with Crippen molar-refractivity contribution in [2.75, 3.05) is 0 Å². The Kier molecular flexibility index (Phi) is 2.88. The van der Waals surface area contributed by atoms with E-state index in [4.69, 9.17) is 10.7 Å². The molecule has 0 atom stereocenters. The Labute approximate surface area is 99.9 Å². The number of benzene rings is 1. The van der Waals surface area contributed by atoms with Crippen LogP contribution in [0.3, 0.4) is 0 Å². The van der Waals surface area contributed by atoms with E-state index >= 15 is 0 Å². The van der Waals surface area contributed by atoms with Gasteiger partial charge in [0.25, 0.3) is 9.05 Å². The highest BCUT2D eigenvalue weighted by molar-refractivity contribution is 8.13. The van der Waals surface area contributed by atoms with Gasteiger partial charge in [-0.05, 0) is 24.3 Å². The normalized spacial score (nSPS) is 11.7. The zero-order valence-electron chi connectivity index (χ0n) is 8.14. The molecule has 4 nitrogen and oxygen atoms in total. The van der Waals surface area contributed by atoms with E-state index in [0.717, 1.165) is 18.3 Å². The second kappa shape index (κ2) is 4.08. The monoisotopic (exact) mass is 278 g/mol. The minimum Gasteiger partial charge on any atom is -0.207 e. The van der Waals surface area contributed by atoms with Gasteiger partial charge in [-0.1, -0.05) is 0 Å². The van der Waals surface area contributed by atoms with Crippen LogP contribution in [0.4, 0.5) is 8.78 Å². The maximum atomic E-state index is 13.7. The number of rotatable bonds is 2. The van der Waals surface area contributed by atoms with Gasteiger partial charge >= 0.3 is 0 Å². The fourth-order valence-corrected chi connectivity index (χ4v) is 2.02. The van der Waals surface area contributed by atoms with Crippen LogP contribution in [-0.2, 0) is 9.05 Å². The molecule has 0 saturated heterocycles. The van der Waals surface area contributed by atoms with Crippen LogP contribution in [0.25, 0.3) is 5.69 Å². The van der Waals surface area contributed by atoms with Crippen molar-refractivity contribution in [2.24, 2.45) is 0 Å². The van der Waals surface area contributed by atoms with Crippen LogP contribution in [0, 0.1) is 11.8 Å². The second-order valence-corrected chi connectivity index (χ2v) is 5.66. The molecule has 90 valence electrons. The molecule has 0 aliphatic rings. The number of nitrogens with zero attached hydrogens (tertiary/aromatic N) is 2. The molecule has 0 amide bonds.